The number of aliphatic hydroxyl groups is 1. The van der Waals surface area contributed by atoms with Crippen LogP contribution in [-0.4, -0.2) is 28.9 Å². The third-order valence-electron chi connectivity index (χ3n) is 1.56. The summed E-state index contributed by atoms with van der Waals surface area (Å²) in [5, 5.41) is 11.9. The Morgan fingerprint density at radius 2 is 2.06 bits per heavy atom. The Labute approximate surface area is 96.4 Å². The summed E-state index contributed by atoms with van der Waals surface area (Å²) in [6.07, 6.45) is 8.63. The van der Waals surface area contributed by atoms with Gasteiger partial charge in [-0.3, -0.25) is 0 Å². The Hall–Kier alpha value is -1.65. The summed E-state index contributed by atoms with van der Waals surface area (Å²) in [5.74, 6) is 4.51. The monoisotopic (exact) mass is 223 g/mol. The van der Waals surface area contributed by atoms with Crippen LogP contribution in [0.25, 0.3) is 0 Å². The first-order chi connectivity index (χ1) is 7.30. The molecule has 2 N–H and O–H groups in total. The van der Waals surface area contributed by atoms with E-state index in [0.29, 0.717) is 0 Å². The Kier molecular flexibility index (Phi) is 5.42. The molecule has 4 nitrogen and oxygen atoms in total. The maximum absolute atomic E-state index is 11.3. The second-order valence-electron chi connectivity index (χ2n) is 4.27. The van der Waals surface area contributed by atoms with Crippen LogP contribution in [0.15, 0.2) is 0 Å². The average molecular weight is 223 g/mol. The number of carbonyl (C=O) groups is 1. The van der Waals surface area contributed by atoms with Crippen molar-refractivity contribution in [1.29, 1.82) is 0 Å². The van der Waals surface area contributed by atoms with Crippen LogP contribution in [0.1, 0.15) is 27.2 Å². The lowest BCUT2D eigenvalue weighted by Crippen LogP contribution is -2.44. The molecule has 0 rings (SSSR count). The first-order valence-corrected chi connectivity index (χ1v) is 4.87. The van der Waals surface area contributed by atoms with Crippen molar-refractivity contribution in [3.63, 3.8) is 0 Å². The SMILES string of the molecule is C#CCC(O)[C@H](C#C)NC(=O)OC(C)(C)C. The number of hydrogen-bond donors (Lipinski definition) is 2. The number of terminal acetylenes is 2. The summed E-state index contributed by atoms with van der Waals surface area (Å²) >= 11 is 0. The standard InChI is InChI=1S/C12H17NO3/c1-6-8-10(14)9(7-2)13-11(15)16-12(3,4)5/h1-2,9-10,14H,8H2,3-5H3,(H,13,15)/t9-,10?/m0/s1. The van der Waals surface area contributed by atoms with Gasteiger partial charge in [-0.1, -0.05) is 5.92 Å². The number of nitrogens with one attached hydrogen (secondary N) is 1. The summed E-state index contributed by atoms with van der Waals surface area (Å²) in [5.41, 5.74) is -0.611. The highest BCUT2D eigenvalue weighted by Crippen LogP contribution is 2.07. The van der Waals surface area contributed by atoms with Crippen molar-refractivity contribution in [1.82, 2.24) is 5.32 Å². The van der Waals surface area contributed by atoms with Gasteiger partial charge in [0.2, 0.25) is 0 Å². The lowest BCUT2D eigenvalue weighted by Gasteiger charge is -2.23. The van der Waals surface area contributed by atoms with Crippen molar-refractivity contribution in [2.75, 3.05) is 0 Å². The molecule has 0 fully saturated rings. The highest BCUT2D eigenvalue weighted by molar-refractivity contribution is 5.68. The maximum atomic E-state index is 11.3. The minimum atomic E-state index is -0.970. The highest BCUT2D eigenvalue weighted by atomic mass is 16.6. The van der Waals surface area contributed by atoms with Gasteiger partial charge in [-0.2, -0.15) is 0 Å². The van der Waals surface area contributed by atoms with E-state index in [1.54, 1.807) is 20.8 Å². The zero-order valence-electron chi connectivity index (χ0n) is 9.78. The summed E-state index contributed by atoms with van der Waals surface area (Å²) in [4.78, 5) is 11.3. The predicted octanol–water partition coefficient (Wildman–Crippen LogP) is 0.897. The Morgan fingerprint density at radius 3 is 2.44 bits per heavy atom. The summed E-state index contributed by atoms with van der Waals surface area (Å²) < 4.78 is 4.99. The van der Waals surface area contributed by atoms with Crippen molar-refractivity contribution in [3.05, 3.63) is 0 Å². The molecule has 2 atom stereocenters. The molecule has 0 saturated carbocycles. The molecular formula is C12H17NO3. The van der Waals surface area contributed by atoms with E-state index in [1.165, 1.54) is 0 Å². The average Bonchev–Trinajstić information content (AvgIpc) is 2.11. The van der Waals surface area contributed by atoms with Gasteiger partial charge in [-0.15, -0.1) is 18.8 Å². The number of hydrogen-bond acceptors (Lipinski definition) is 3. The van der Waals surface area contributed by atoms with Crippen LogP contribution in [-0.2, 0) is 4.74 Å². The summed E-state index contributed by atoms with van der Waals surface area (Å²) in [7, 11) is 0. The molecule has 0 aliphatic carbocycles. The fourth-order valence-electron chi connectivity index (χ4n) is 0.922. The molecule has 0 bridgehead atoms. The van der Waals surface area contributed by atoms with Gasteiger partial charge in [0.05, 0.1) is 6.10 Å². The van der Waals surface area contributed by atoms with Crippen molar-refractivity contribution in [2.24, 2.45) is 0 Å². The van der Waals surface area contributed by atoms with Gasteiger partial charge in [-0.05, 0) is 20.8 Å². The van der Waals surface area contributed by atoms with Crippen LogP contribution in [0.3, 0.4) is 0 Å². The highest BCUT2D eigenvalue weighted by Gasteiger charge is 2.22. The molecule has 1 unspecified atom stereocenters. The molecule has 0 aromatic carbocycles. The van der Waals surface area contributed by atoms with Gasteiger partial charge < -0.3 is 15.2 Å². The number of amides is 1. The van der Waals surface area contributed by atoms with E-state index in [1.807, 2.05) is 0 Å². The topological polar surface area (TPSA) is 58.6 Å². The number of carbonyl (C=O) groups excluding carboxylic acids is 1. The number of alkyl carbamates (subject to hydrolysis) is 1. The molecular weight excluding hydrogens is 206 g/mol. The van der Waals surface area contributed by atoms with Crippen molar-refractivity contribution in [2.45, 2.75) is 44.9 Å². The quantitative estimate of drug-likeness (QED) is 0.699. The molecule has 0 aromatic rings. The normalized spacial score (nSPS) is 14.1. The lowest BCUT2D eigenvalue weighted by atomic mass is 10.1. The smallest absolute Gasteiger partial charge is 0.408 e. The van der Waals surface area contributed by atoms with Gasteiger partial charge in [0.25, 0.3) is 0 Å². The molecule has 0 heterocycles. The van der Waals surface area contributed by atoms with E-state index in [9.17, 15) is 9.90 Å². The third kappa shape index (κ3) is 5.95. The Morgan fingerprint density at radius 1 is 1.50 bits per heavy atom. The molecule has 16 heavy (non-hydrogen) atoms. The van der Waals surface area contributed by atoms with Crippen LogP contribution < -0.4 is 5.32 Å². The van der Waals surface area contributed by atoms with Crippen LogP contribution in [0, 0.1) is 24.7 Å². The molecule has 1 amide bonds. The summed E-state index contributed by atoms with van der Waals surface area (Å²) in [6, 6.07) is -0.842. The fraction of sp³-hybridized carbons (Fsp3) is 0.583. The first kappa shape index (κ1) is 14.3. The van der Waals surface area contributed by atoms with E-state index in [2.05, 4.69) is 17.2 Å². The molecule has 0 aromatic heterocycles. The second-order valence-corrected chi connectivity index (χ2v) is 4.27. The molecule has 0 saturated heterocycles. The number of aliphatic hydroxyl groups excluding tert-OH is 1. The predicted molar refractivity (Wildman–Crippen MR) is 61.4 cm³/mol. The fourth-order valence-corrected chi connectivity index (χ4v) is 0.922. The van der Waals surface area contributed by atoms with E-state index in [0.717, 1.165) is 0 Å². The molecule has 0 spiro atoms. The Balaban J connectivity index is 4.30. The maximum Gasteiger partial charge on any atom is 0.408 e. The largest absolute Gasteiger partial charge is 0.444 e. The van der Waals surface area contributed by atoms with E-state index in [4.69, 9.17) is 17.6 Å². The molecule has 0 aliphatic rings. The molecule has 0 radical (unpaired) electrons. The second kappa shape index (κ2) is 6.05. The zero-order chi connectivity index (χ0) is 12.8. The Bertz CT molecular complexity index is 317. The number of rotatable bonds is 3. The van der Waals surface area contributed by atoms with Crippen LogP contribution >= 0.6 is 0 Å². The van der Waals surface area contributed by atoms with E-state index in [-0.39, 0.29) is 6.42 Å². The first-order valence-electron chi connectivity index (χ1n) is 4.87. The van der Waals surface area contributed by atoms with Crippen molar-refractivity contribution >= 4 is 6.09 Å². The van der Waals surface area contributed by atoms with Gasteiger partial charge in [0, 0.05) is 6.42 Å². The van der Waals surface area contributed by atoms with Crippen molar-refractivity contribution < 1.29 is 14.6 Å². The van der Waals surface area contributed by atoms with E-state index < -0.39 is 23.8 Å². The minimum Gasteiger partial charge on any atom is -0.444 e. The van der Waals surface area contributed by atoms with Gasteiger partial charge in [0.15, 0.2) is 0 Å². The van der Waals surface area contributed by atoms with E-state index >= 15 is 0 Å². The third-order valence-corrected chi connectivity index (χ3v) is 1.56. The van der Waals surface area contributed by atoms with Crippen LogP contribution in [0.2, 0.25) is 0 Å². The molecule has 4 heteroatoms. The van der Waals surface area contributed by atoms with Gasteiger partial charge in [-0.25, -0.2) is 4.79 Å². The number of ether oxygens (including phenoxy) is 1. The van der Waals surface area contributed by atoms with Crippen molar-refractivity contribution in [3.8, 4) is 24.7 Å². The molecule has 0 aliphatic heterocycles. The van der Waals surface area contributed by atoms with Crippen LogP contribution in [0.5, 0.6) is 0 Å². The van der Waals surface area contributed by atoms with Crippen LogP contribution in [0.4, 0.5) is 4.79 Å². The minimum absolute atomic E-state index is 0.0741. The van der Waals surface area contributed by atoms with Gasteiger partial charge in [0.1, 0.15) is 11.6 Å². The van der Waals surface area contributed by atoms with Gasteiger partial charge >= 0.3 is 6.09 Å². The molecule has 88 valence electrons. The zero-order valence-corrected chi connectivity index (χ0v) is 9.78. The summed E-state index contributed by atoms with van der Waals surface area (Å²) in [6.45, 7) is 5.19. The lowest BCUT2D eigenvalue weighted by molar-refractivity contribution is 0.0463.